The molecule has 0 radical (unpaired) electrons. The van der Waals surface area contributed by atoms with Gasteiger partial charge in [0.1, 0.15) is 0 Å². The third kappa shape index (κ3) is 4.48. The summed E-state index contributed by atoms with van der Waals surface area (Å²) in [6, 6.07) is 9.39. The standard InChI is InChI=1S/C18H25N3O2.ClH/c22-17(15-5-2-1-3-6-15)20-11-4-12-21(14-13-20)18(23)16-7-9-19-10-8-16;/h1-3,5-6,16,19H,4,7-14H2;1H. The van der Waals surface area contributed by atoms with E-state index in [9.17, 15) is 9.59 Å². The van der Waals surface area contributed by atoms with Crippen molar-refractivity contribution in [1.29, 1.82) is 0 Å². The summed E-state index contributed by atoms with van der Waals surface area (Å²) in [5.74, 6) is 0.509. The van der Waals surface area contributed by atoms with Crippen LogP contribution in [0.15, 0.2) is 30.3 Å². The maximum Gasteiger partial charge on any atom is 0.253 e. The van der Waals surface area contributed by atoms with Crippen molar-refractivity contribution in [3.63, 3.8) is 0 Å². The summed E-state index contributed by atoms with van der Waals surface area (Å²) in [5, 5.41) is 3.30. The quantitative estimate of drug-likeness (QED) is 0.883. The molecule has 2 amide bonds. The first-order chi connectivity index (χ1) is 11.3. The molecule has 5 nitrogen and oxygen atoms in total. The van der Waals surface area contributed by atoms with Crippen molar-refractivity contribution in [2.75, 3.05) is 39.3 Å². The molecule has 2 aliphatic rings. The third-order valence-electron chi connectivity index (χ3n) is 4.80. The zero-order valence-corrected chi connectivity index (χ0v) is 14.8. The minimum absolute atomic E-state index is 0. The average molecular weight is 352 g/mol. The second kappa shape index (κ2) is 9.04. The summed E-state index contributed by atoms with van der Waals surface area (Å²) in [6.07, 6.45) is 2.72. The predicted octanol–water partition coefficient (Wildman–Crippen LogP) is 1.78. The molecule has 0 unspecified atom stereocenters. The number of piperidine rings is 1. The molecule has 0 aromatic heterocycles. The number of rotatable bonds is 2. The zero-order valence-electron chi connectivity index (χ0n) is 13.9. The smallest absolute Gasteiger partial charge is 0.253 e. The van der Waals surface area contributed by atoms with Gasteiger partial charge in [-0.25, -0.2) is 0 Å². The number of nitrogens with zero attached hydrogens (tertiary/aromatic N) is 2. The van der Waals surface area contributed by atoms with Gasteiger partial charge in [0.25, 0.3) is 5.91 Å². The molecule has 3 rings (SSSR count). The van der Waals surface area contributed by atoms with Crippen molar-refractivity contribution >= 4 is 24.2 Å². The van der Waals surface area contributed by atoms with Crippen molar-refractivity contribution in [2.24, 2.45) is 5.92 Å². The molecule has 1 aromatic rings. The molecule has 0 saturated carbocycles. The Kier molecular flexibility index (Phi) is 7.06. The molecule has 1 aromatic carbocycles. The highest BCUT2D eigenvalue weighted by Crippen LogP contribution is 2.17. The van der Waals surface area contributed by atoms with Gasteiger partial charge in [-0.05, 0) is 44.5 Å². The maximum atomic E-state index is 12.6. The Labute approximate surface area is 149 Å². The number of benzene rings is 1. The average Bonchev–Trinajstić information content (AvgIpc) is 2.88. The first-order valence-electron chi connectivity index (χ1n) is 8.59. The third-order valence-corrected chi connectivity index (χ3v) is 4.80. The van der Waals surface area contributed by atoms with Gasteiger partial charge in [-0.1, -0.05) is 18.2 Å². The van der Waals surface area contributed by atoms with Crippen molar-refractivity contribution in [2.45, 2.75) is 19.3 Å². The van der Waals surface area contributed by atoms with E-state index in [1.807, 2.05) is 40.1 Å². The first-order valence-corrected chi connectivity index (χ1v) is 8.59. The monoisotopic (exact) mass is 351 g/mol. The van der Waals surface area contributed by atoms with Crippen LogP contribution in [0.5, 0.6) is 0 Å². The highest BCUT2D eigenvalue weighted by atomic mass is 35.5. The second-order valence-electron chi connectivity index (χ2n) is 6.36. The number of amides is 2. The Morgan fingerprint density at radius 1 is 0.917 bits per heavy atom. The number of hydrogen-bond donors (Lipinski definition) is 1. The lowest BCUT2D eigenvalue weighted by atomic mass is 9.96. The van der Waals surface area contributed by atoms with Gasteiger partial charge in [-0.3, -0.25) is 9.59 Å². The lowest BCUT2D eigenvalue weighted by molar-refractivity contribution is -0.136. The number of carbonyl (C=O) groups excluding carboxylic acids is 2. The highest BCUT2D eigenvalue weighted by Gasteiger charge is 2.28. The number of nitrogens with one attached hydrogen (secondary N) is 1. The predicted molar refractivity (Wildman–Crippen MR) is 96.4 cm³/mol. The minimum Gasteiger partial charge on any atom is -0.341 e. The summed E-state index contributed by atoms with van der Waals surface area (Å²) >= 11 is 0. The van der Waals surface area contributed by atoms with Crippen LogP contribution in [0.1, 0.15) is 29.6 Å². The molecule has 0 bridgehead atoms. The van der Waals surface area contributed by atoms with E-state index in [1.165, 1.54) is 0 Å². The van der Waals surface area contributed by atoms with Gasteiger partial charge in [0.2, 0.25) is 5.91 Å². The summed E-state index contributed by atoms with van der Waals surface area (Å²) in [4.78, 5) is 29.0. The van der Waals surface area contributed by atoms with E-state index in [1.54, 1.807) is 0 Å². The summed E-state index contributed by atoms with van der Waals surface area (Å²) in [7, 11) is 0. The Morgan fingerprint density at radius 3 is 2.25 bits per heavy atom. The van der Waals surface area contributed by atoms with Gasteiger partial charge >= 0.3 is 0 Å². The fourth-order valence-corrected chi connectivity index (χ4v) is 3.43. The van der Waals surface area contributed by atoms with Gasteiger partial charge in [0.15, 0.2) is 0 Å². The fourth-order valence-electron chi connectivity index (χ4n) is 3.43. The van der Waals surface area contributed by atoms with Gasteiger partial charge in [-0.15, -0.1) is 12.4 Å². The van der Waals surface area contributed by atoms with Crippen LogP contribution in [0.3, 0.4) is 0 Å². The molecule has 2 heterocycles. The van der Waals surface area contributed by atoms with E-state index in [2.05, 4.69) is 5.32 Å². The molecular weight excluding hydrogens is 326 g/mol. The van der Waals surface area contributed by atoms with E-state index < -0.39 is 0 Å². The van der Waals surface area contributed by atoms with Crippen molar-refractivity contribution in [3.8, 4) is 0 Å². The molecule has 0 atom stereocenters. The van der Waals surface area contributed by atoms with Gasteiger partial charge in [-0.2, -0.15) is 0 Å². The summed E-state index contributed by atoms with van der Waals surface area (Å²) in [6.45, 7) is 4.64. The molecule has 1 N–H and O–H groups in total. The highest BCUT2D eigenvalue weighted by molar-refractivity contribution is 5.94. The molecule has 0 aliphatic carbocycles. The SMILES string of the molecule is Cl.O=C(c1ccccc1)N1CCCN(C(=O)C2CCNCC2)CC1. The van der Waals surface area contributed by atoms with Gasteiger partial charge in [0.05, 0.1) is 0 Å². The largest absolute Gasteiger partial charge is 0.341 e. The topological polar surface area (TPSA) is 52.7 Å². The van der Waals surface area contributed by atoms with Crippen LogP contribution < -0.4 is 5.32 Å². The van der Waals surface area contributed by atoms with Crippen LogP contribution in [-0.4, -0.2) is 60.9 Å². The molecule has 2 saturated heterocycles. The molecule has 2 aliphatic heterocycles. The summed E-state index contributed by atoms with van der Waals surface area (Å²) < 4.78 is 0. The van der Waals surface area contributed by atoms with Gasteiger partial charge in [0, 0.05) is 37.7 Å². The number of hydrogen-bond acceptors (Lipinski definition) is 3. The molecular formula is C18H26ClN3O2. The fraction of sp³-hybridized carbons (Fsp3) is 0.556. The van der Waals surface area contributed by atoms with Crippen LogP contribution >= 0.6 is 12.4 Å². The van der Waals surface area contributed by atoms with Crippen LogP contribution in [0.25, 0.3) is 0 Å². The zero-order chi connectivity index (χ0) is 16.1. The lowest BCUT2D eigenvalue weighted by Crippen LogP contribution is -2.43. The Morgan fingerprint density at radius 2 is 1.54 bits per heavy atom. The van der Waals surface area contributed by atoms with Crippen LogP contribution in [0.2, 0.25) is 0 Å². The van der Waals surface area contributed by atoms with Crippen molar-refractivity contribution in [3.05, 3.63) is 35.9 Å². The second-order valence-corrected chi connectivity index (χ2v) is 6.36. The Balaban J connectivity index is 0.00000208. The molecule has 2 fully saturated rings. The molecule has 0 spiro atoms. The lowest BCUT2D eigenvalue weighted by Gasteiger charge is -2.28. The number of carbonyl (C=O) groups is 2. The van der Waals surface area contributed by atoms with Crippen LogP contribution in [-0.2, 0) is 4.79 Å². The Bertz CT molecular complexity index is 546. The maximum absolute atomic E-state index is 12.6. The van der Waals surface area contributed by atoms with E-state index in [0.717, 1.165) is 51.0 Å². The van der Waals surface area contributed by atoms with E-state index >= 15 is 0 Å². The van der Waals surface area contributed by atoms with Gasteiger partial charge < -0.3 is 15.1 Å². The molecule has 6 heteroatoms. The minimum atomic E-state index is 0. The van der Waals surface area contributed by atoms with Crippen LogP contribution in [0.4, 0.5) is 0 Å². The normalized spacial score (nSPS) is 19.3. The van der Waals surface area contributed by atoms with E-state index in [-0.39, 0.29) is 30.1 Å². The Hall–Kier alpha value is -1.59. The van der Waals surface area contributed by atoms with Crippen molar-refractivity contribution in [1.82, 2.24) is 15.1 Å². The molecule has 132 valence electrons. The summed E-state index contributed by atoms with van der Waals surface area (Å²) in [5.41, 5.74) is 0.727. The van der Waals surface area contributed by atoms with Crippen LogP contribution in [0, 0.1) is 5.92 Å². The first kappa shape index (κ1) is 18.7. The van der Waals surface area contributed by atoms with E-state index in [4.69, 9.17) is 0 Å². The van der Waals surface area contributed by atoms with Crippen molar-refractivity contribution < 1.29 is 9.59 Å². The van der Waals surface area contributed by atoms with E-state index in [0.29, 0.717) is 13.1 Å². The molecule has 24 heavy (non-hydrogen) atoms. The number of halogens is 1.